The van der Waals surface area contributed by atoms with E-state index in [1.54, 1.807) is 29.6 Å². The fourth-order valence-corrected chi connectivity index (χ4v) is 3.81. The summed E-state index contributed by atoms with van der Waals surface area (Å²) in [7, 11) is 1.62. The molecule has 25 heavy (non-hydrogen) atoms. The fourth-order valence-electron chi connectivity index (χ4n) is 2.53. The number of aromatic nitrogens is 3. The largest absolute Gasteiger partial charge is 0.496 e. The number of ether oxygens (including phenoxy) is 1. The molecule has 1 aliphatic heterocycles. The van der Waals surface area contributed by atoms with Crippen LogP contribution in [0.2, 0.25) is 5.02 Å². The van der Waals surface area contributed by atoms with Crippen LogP contribution in [0.15, 0.2) is 57.2 Å². The van der Waals surface area contributed by atoms with Crippen molar-refractivity contribution >= 4 is 45.0 Å². The summed E-state index contributed by atoms with van der Waals surface area (Å²) in [5.41, 5.74) is 2.79. The van der Waals surface area contributed by atoms with Crippen molar-refractivity contribution in [3.8, 4) is 17.1 Å². The molecule has 0 saturated heterocycles. The number of methoxy groups -OCH3 is 1. The van der Waals surface area contributed by atoms with Gasteiger partial charge < -0.3 is 4.74 Å². The molecule has 0 amide bonds. The summed E-state index contributed by atoms with van der Waals surface area (Å²) in [5.74, 6) is 2.03. The van der Waals surface area contributed by atoms with E-state index in [1.165, 1.54) is 0 Å². The van der Waals surface area contributed by atoms with E-state index in [9.17, 15) is 0 Å². The third-order valence-corrected chi connectivity index (χ3v) is 5.44. The normalized spacial score (nSPS) is 13.3. The molecule has 0 saturated carbocycles. The van der Waals surface area contributed by atoms with Crippen LogP contribution in [-0.2, 0) is 0 Å². The standard InChI is InChI=1S/C17H12BrClN4OS/c1-24-15-7-6-12(19)8-13(15)16-20-21-17-23(16)22-14(9-25-17)10-2-4-11(18)5-3-10/h2-8H,9H2,1H3. The highest BCUT2D eigenvalue weighted by Crippen LogP contribution is 2.34. The van der Waals surface area contributed by atoms with E-state index >= 15 is 0 Å². The Morgan fingerprint density at radius 3 is 2.72 bits per heavy atom. The van der Waals surface area contributed by atoms with E-state index in [-0.39, 0.29) is 0 Å². The van der Waals surface area contributed by atoms with E-state index in [0.717, 1.165) is 32.2 Å². The average molecular weight is 436 g/mol. The van der Waals surface area contributed by atoms with Crippen LogP contribution >= 0.6 is 39.3 Å². The summed E-state index contributed by atoms with van der Waals surface area (Å²) in [6, 6.07) is 13.5. The van der Waals surface area contributed by atoms with Crippen molar-refractivity contribution in [2.24, 2.45) is 5.10 Å². The topological polar surface area (TPSA) is 52.3 Å². The Labute approximate surface area is 162 Å². The number of benzene rings is 2. The Kier molecular flexibility index (Phi) is 4.54. The lowest BCUT2D eigenvalue weighted by Gasteiger charge is -2.15. The van der Waals surface area contributed by atoms with E-state index in [0.29, 0.717) is 16.6 Å². The summed E-state index contributed by atoms with van der Waals surface area (Å²) < 4.78 is 8.23. The molecule has 0 atom stereocenters. The van der Waals surface area contributed by atoms with E-state index in [4.69, 9.17) is 21.4 Å². The van der Waals surface area contributed by atoms with Crippen molar-refractivity contribution in [1.29, 1.82) is 0 Å². The molecule has 4 rings (SSSR count). The lowest BCUT2D eigenvalue weighted by atomic mass is 10.1. The molecule has 3 aromatic rings. The number of halogens is 2. The monoisotopic (exact) mass is 434 g/mol. The number of thioether (sulfide) groups is 1. The van der Waals surface area contributed by atoms with E-state index < -0.39 is 0 Å². The molecular formula is C17H12BrClN4OS. The first kappa shape index (κ1) is 16.6. The number of hydrogen-bond donors (Lipinski definition) is 0. The van der Waals surface area contributed by atoms with Gasteiger partial charge in [-0.1, -0.05) is 51.4 Å². The van der Waals surface area contributed by atoms with Gasteiger partial charge in [0, 0.05) is 15.2 Å². The summed E-state index contributed by atoms with van der Waals surface area (Å²) in [6.45, 7) is 0. The van der Waals surface area contributed by atoms with Crippen LogP contribution in [0.4, 0.5) is 0 Å². The quantitative estimate of drug-likeness (QED) is 0.597. The second kappa shape index (κ2) is 6.82. The molecule has 2 aromatic carbocycles. The first-order valence-electron chi connectivity index (χ1n) is 7.41. The molecule has 5 nitrogen and oxygen atoms in total. The highest BCUT2D eigenvalue weighted by atomic mass is 79.9. The maximum atomic E-state index is 6.15. The fraction of sp³-hybridized carbons (Fsp3) is 0.118. The van der Waals surface area contributed by atoms with Crippen molar-refractivity contribution in [3.63, 3.8) is 0 Å². The Balaban J connectivity index is 1.82. The number of nitrogens with zero attached hydrogens (tertiary/aromatic N) is 4. The molecule has 1 aromatic heterocycles. The van der Waals surface area contributed by atoms with Crippen LogP contribution in [0.5, 0.6) is 5.75 Å². The molecule has 8 heteroatoms. The second-order valence-electron chi connectivity index (χ2n) is 5.30. The third-order valence-electron chi connectivity index (χ3n) is 3.75. The Morgan fingerprint density at radius 1 is 1.16 bits per heavy atom. The smallest absolute Gasteiger partial charge is 0.212 e. The van der Waals surface area contributed by atoms with Crippen LogP contribution in [0.3, 0.4) is 0 Å². The predicted octanol–water partition coefficient (Wildman–Crippen LogP) is 4.73. The highest BCUT2D eigenvalue weighted by molar-refractivity contribution is 9.10. The van der Waals surface area contributed by atoms with Crippen LogP contribution in [0.1, 0.15) is 5.56 Å². The minimum atomic E-state index is 0.605. The van der Waals surface area contributed by atoms with Gasteiger partial charge in [-0.2, -0.15) is 9.78 Å². The molecule has 126 valence electrons. The van der Waals surface area contributed by atoms with Crippen molar-refractivity contribution in [3.05, 3.63) is 57.5 Å². The van der Waals surface area contributed by atoms with Gasteiger partial charge in [-0.25, -0.2) is 0 Å². The lowest BCUT2D eigenvalue weighted by molar-refractivity contribution is 0.416. The van der Waals surface area contributed by atoms with Crippen LogP contribution in [0.25, 0.3) is 11.4 Å². The predicted molar refractivity (Wildman–Crippen MR) is 104 cm³/mol. The van der Waals surface area contributed by atoms with Gasteiger partial charge in [0.15, 0.2) is 5.82 Å². The molecule has 0 N–H and O–H groups in total. The molecule has 2 heterocycles. The van der Waals surface area contributed by atoms with Gasteiger partial charge in [-0.3, -0.25) is 0 Å². The molecular weight excluding hydrogens is 424 g/mol. The van der Waals surface area contributed by atoms with Gasteiger partial charge in [0.25, 0.3) is 0 Å². The zero-order chi connectivity index (χ0) is 17.4. The minimum Gasteiger partial charge on any atom is -0.496 e. The summed E-state index contributed by atoms with van der Waals surface area (Å²) in [5, 5.41) is 14.7. The molecule has 0 unspecified atom stereocenters. The van der Waals surface area contributed by atoms with Gasteiger partial charge in [0.2, 0.25) is 5.16 Å². The molecule has 0 bridgehead atoms. The SMILES string of the molecule is COc1ccc(Cl)cc1-c1nnc2n1N=C(c1ccc(Br)cc1)CS2. The molecule has 0 radical (unpaired) electrons. The molecule has 0 aliphatic carbocycles. The number of rotatable bonds is 3. The van der Waals surface area contributed by atoms with Crippen molar-refractivity contribution in [2.75, 3.05) is 12.9 Å². The van der Waals surface area contributed by atoms with Gasteiger partial charge in [0.1, 0.15) is 5.75 Å². The number of fused-ring (bicyclic) bond motifs is 1. The van der Waals surface area contributed by atoms with Crippen molar-refractivity contribution in [2.45, 2.75) is 5.16 Å². The van der Waals surface area contributed by atoms with Gasteiger partial charge in [0.05, 0.1) is 18.4 Å². The Hall–Kier alpha value is -1.83. The third kappa shape index (κ3) is 3.19. The Bertz CT molecular complexity index is 971. The first-order valence-corrected chi connectivity index (χ1v) is 9.57. The van der Waals surface area contributed by atoms with Crippen LogP contribution in [-0.4, -0.2) is 33.4 Å². The van der Waals surface area contributed by atoms with Gasteiger partial charge in [-0.05, 0) is 35.9 Å². The van der Waals surface area contributed by atoms with Crippen LogP contribution < -0.4 is 4.74 Å². The zero-order valence-corrected chi connectivity index (χ0v) is 16.3. The summed E-state index contributed by atoms with van der Waals surface area (Å²) in [4.78, 5) is 0. The van der Waals surface area contributed by atoms with Crippen molar-refractivity contribution in [1.82, 2.24) is 14.9 Å². The van der Waals surface area contributed by atoms with Gasteiger partial charge in [-0.15, -0.1) is 10.2 Å². The second-order valence-corrected chi connectivity index (χ2v) is 7.60. The van der Waals surface area contributed by atoms with E-state index in [2.05, 4.69) is 26.1 Å². The molecule has 1 aliphatic rings. The Morgan fingerprint density at radius 2 is 1.96 bits per heavy atom. The van der Waals surface area contributed by atoms with Crippen molar-refractivity contribution < 1.29 is 4.74 Å². The van der Waals surface area contributed by atoms with Gasteiger partial charge >= 0.3 is 0 Å². The average Bonchev–Trinajstić information content (AvgIpc) is 3.05. The lowest BCUT2D eigenvalue weighted by Crippen LogP contribution is -2.13. The summed E-state index contributed by atoms with van der Waals surface area (Å²) >= 11 is 11.2. The zero-order valence-electron chi connectivity index (χ0n) is 13.1. The van der Waals surface area contributed by atoms with Crippen LogP contribution in [0, 0.1) is 0 Å². The number of hydrogen-bond acceptors (Lipinski definition) is 5. The maximum Gasteiger partial charge on any atom is 0.212 e. The maximum absolute atomic E-state index is 6.15. The van der Waals surface area contributed by atoms with E-state index in [1.807, 2.05) is 36.4 Å². The first-order chi connectivity index (χ1) is 12.2. The molecule has 0 fully saturated rings. The minimum absolute atomic E-state index is 0.605. The highest BCUT2D eigenvalue weighted by Gasteiger charge is 2.22. The summed E-state index contributed by atoms with van der Waals surface area (Å²) in [6.07, 6.45) is 0. The molecule has 0 spiro atoms.